The molecule has 0 saturated heterocycles. The van der Waals surface area contributed by atoms with Crippen molar-refractivity contribution in [1.29, 1.82) is 0 Å². The zero-order chi connectivity index (χ0) is 12.1. The second kappa shape index (κ2) is 5.36. The lowest BCUT2D eigenvalue weighted by molar-refractivity contribution is 0.792. The summed E-state index contributed by atoms with van der Waals surface area (Å²) in [6, 6.07) is 7.82. The van der Waals surface area contributed by atoms with Crippen molar-refractivity contribution < 1.29 is 0 Å². The Morgan fingerprint density at radius 1 is 1.29 bits per heavy atom. The summed E-state index contributed by atoms with van der Waals surface area (Å²) in [6.45, 7) is 2.56. The van der Waals surface area contributed by atoms with E-state index in [0.717, 1.165) is 17.1 Å². The van der Waals surface area contributed by atoms with Crippen LogP contribution >= 0.6 is 0 Å². The normalized spacial score (nSPS) is 12.1. The monoisotopic (exact) mass is 229 g/mol. The average molecular weight is 229 g/mol. The van der Waals surface area contributed by atoms with Gasteiger partial charge in [0.2, 0.25) is 0 Å². The molecule has 0 aliphatic heterocycles. The van der Waals surface area contributed by atoms with Crippen molar-refractivity contribution in [1.82, 2.24) is 15.2 Å². The van der Waals surface area contributed by atoms with Gasteiger partial charge < -0.3 is 11.1 Å². The van der Waals surface area contributed by atoms with Crippen molar-refractivity contribution in [2.45, 2.75) is 13.0 Å². The Balaban J connectivity index is 2.13. The van der Waals surface area contributed by atoms with E-state index in [9.17, 15) is 0 Å². The molecule has 0 spiro atoms. The van der Waals surface area contributed by atoms with Gasteiger partial charge in [-0.3, -0.25) is 4.98 Å². The third kappa shape index (κ3) is 2.98. The fraction of sp³-hybridized carbons (Fsp3) is 0.250. The molecule has 2 aromatic heterocycles. The standard InChI is InChI=1S/C12H15N5/c1-9(7-13)15-12-5-4-11(16-17-12)10-3-2-6-14-8-10/h2-6,8-9H,7,13H2,1H3,(H,15,17). The molecule has 2 aromatic rings. The molecule has 5 heteroatoms. The molecule has 3 N–H and O–H groups in total. The molecule has 0 aliphatic rings. The van der Waals surface area contributed by atoms with Gasteiger partial charge in [0.05, 0.1) is 5.69 Å². The number of pyridine rings is 1. The Morgan fingerprint density at radius 2 is 2.18 bits per heavy atom. The molecule has 2 heterocycles. The molecule has 2 rings (SSSR count). The predicted octanol–water partition coefficient (Wildman–Crippen LogP) is 1.30. The number of hydrogen-bond acceptors (Lipinski definition) is 5. The first-order valence-electron chi connectivity index (χ1n) is 5.50. The van der Waals surface area contributed by atoms with Crippen LogP contribution in [0, 0.1) is 0 Å². The number of anilines is 1. The van der Waals surface area contributed by atoms with Gasteiger partial charge in [-0.15, -0.1) is 10.2 Å². The zero-order valence-corrected chi connectivity index (χ0v) is 9.67. The van der Waals surface area contributed by atoms with Gasteiger partial charge in [-0.25, -0.2) is 0 Å². The topological polar surface area (TPSA) is 76.7 Å². The van der Waals surface area contributed by atoms with Crippen LogP contribution in [0.1, 0.15) is 6.92 Å². The summed E-state index contributed by atoms with van der Waals surface area (Å²) < 4.78 is 0. The van der Waals surface area contributed by atoms with Crippen molar-refractivity contribution in [3.63, 3.8) is 0 Å². The van der Waals surface area contributed by atoms with Gasteiger partial charge in [0, 0.05) is 30.5 Å². The lowest BCUT2D eigenvalue weighted by Gasteiger charge is -2.11. The van der Waals surface area contributed by atoms with Gasteiger partial charge in [-0.1, -0.05) is 0 Å². The zero-order valence-electron chi connectivity index (χ0n) is 9.67. The number of hydrogen-bond donors (Lipinski definition) is 2. The van der Waals surface area contributed by atoms with Crippen molar-refractivity contribution >= 4 is 5.82 Å². The second-order valence-corrected chi connectivity index (χ2v) is 3.83. The highest BCUT2D eigenvalue weighted by molar-refractivity contribution is 5.58. The molecule has 88 valence electrons. The molecule has 0 bridgehead atoms. The van der Waals surface area contributed by atoms with Crippen LogP contribution in [0.4, 0.5) is 5.82 Å². The van der Waals surface area contributed by atoms with Crippen LogP contribution in [0.15, 0.2) is 36.7 Å². The van der Waals surface area contributed by atoms with Crippen LogP contribution in [-0.2, 0) is 0 Å². The molecule has 5 nitrogen and oxygen atoms in total. The number of nitrogens with two attached hydrogens (primary N) is 1. The van der Waals surface area contributed by atoms with Crippen molar-refractivity contribution in [3.8, 4) is 11.3 Å². The number of aromatic nitrogens is 3. The molecule has 17 heavy (non-hydrogen) atoms. The molecule has 0 fully saturated rings. The fourth-order valence-corrected chi connectivity index (χ4v) is 1.39. The third-order valence-electron chi connectivity index (χ3n) is 2.37. The maximum atomic E-state index is 5.52. The van der Waals surface area contributed by atoms with Crippen LogP contribution in [0.3, 0.4) is 0 Å². The maximum absolute atomic E-state index is 5.52. The highest BCUT2D eigenvalue weighted by Crippen LogP contribution is 2.15. The first-order chi connectivity index (χ1) is 8.29. The van der Waals surface area contributed by atoms with Gasteiger partial charge in [0.1, 0.15) is 5.82 Å². The second-order valence-electron chi connectivity index (χ2n) is 3.83. The van der Waals surface area contributed by atoms with Crippen LogP contribution in [0.25, 0.3) is 11.3 Å². The number of nitrogens with zero attached hydrogens (tertiary/aromatic N) is 3. The summed E-state index contributed by atoms with van der Waals surface area (Å²) in [5.74, 6) is 0.732. The molecule has 0 saturated carbocycles. The Bertz CT molecular complexity index is 454. The van der Waals surface area contributed by atoms with E-state index in [1.165, 1.54) is 0 Å². The maximum Gasteiger partial charge on any atom is 0.148 e. The lowest BCUT2D eigenvalue weighted by Crippen LogP contribution is -2.25. The van der Waals surface area contributed by atoms with Crippen LogP contribution in [0.5, 0.6) is 0 Å². The minimum Gasteiger partial charge on any atom is -0.365 e. The van der Waals surface area contributed by atoms with E-state index in [0.29, 0.717) is 6.54 Å². The van der Waals surface area contributed by atoms with E-state index < -0.39 is 0 Å². The Morgan fingerprint density at radius 3 is 2.76 bits per heavy atom. The highest BCUT2D eigenvalue weighted by atomic mass is 15.2. The van der Waals surface area contributed by atoms with Gasteiger partial charge in [-0.05, 0) is 31.2 Å². The third-order valence-corrected chi connectivity index (χ3v) is 2.37. The lowest BCUT2D eigenvalue weighted by atomic mass is 10.2. The van der Waals surface area contributed by atoms with E-state index in [1.54, 1.807) is 12.4 Å². The smallest absolute Gasteiger partial charge is 0.148 e. The SMILES string of the molecule is CC(CN)Nc1ccc(-c2cccnc2)nn1. The first kappa shape index (κ1) is 11.5. The molecule has 0 aliphatic carbocycles. The van der Waals surface area contributed by atoms with Crippen LogP contribution in [-0.4, -0.2) is 27.8 Å². The molecular weight excluding hydrogens is 214 g/mol. The molecule has 0 radical (unpaired) electrons. The van der Waals surface area contributed by atoms with E-state index in [1.807, 2.05) is 31.2 Å². The Hall–Kier alpha value is -2.01. The molecule has 1 atom stereocenters. The summed E-state index contributed by atoms with van der Waals surface area (Å²) in [5, 5.41) is 11.4. The minimum absolute atomic E-state index is 0.188. The quantitative estimate of drug-likeness (QED) is 0.826. The van der Waals surface area contributed by atoms with E-state index >= 15 is 0 Å². The number of rotatable bonds is 4. The van der Waals surface area contributed by atoms with Crippen LogP contribution < -0.4 is 11.1 Å². The Kier molecular flexibility index (Phi) is 3.62. The fourth-order valence-electron chi connectivity index (χ4n) is 1.39. The summed E-state index contributed by atoms with van der Waals surface area (Å²) >= 11 is 0. The Labute approximate surface area is 100 Å². The average Bonchev–Trinajstić information content (AvgIpc) is 2.40. The van der Waals surface area contributed by atoms with E-state index in [-0.39, 0.29) is 6.04 Å². The first-order valence-corrected chi connectivity index (χ1v) is 5.50. The van der Waals surface area contributed by atoms with Gasteiger partial charge in [0.25, 0.3) is 0 Å². The summed E-state index contributed by atoms with van der Waals surface area (Å²) in [7, 11) is 0. The summed E-state index contributed by atoms with van der Waals surface area (Å²) in [4.78, 5) is 4.05. The van der Waals surface area contributed by atoms with Crippen molar-refractivity contribution in [3.05, 3.63) is 36.7 Å². The molecular formula is C12H15N5. The summed E-state index contributed by atoms with van der Waals surface area (Å²) in [5.41, 5.74) is 7.29. The van der Waals surface area contributed by atoms with Crippen LogP contribution in [0.2, 0.25) is 0 Å². The predicted molar refractivity (Wildman–Crippen MR) is 67.4 cm³/mol. The summed E-state index contributed by atoms with van der Waals surface area (Å²) in [6.07, 6.45) is 3.50. The largest absolute Gasteiger partial charge is 0.365 e. The van der Waals surface area contributed by atoms with Crippen molar-refractivity contribution in [2.24, 2.45) is 5.73 Å². The van der Waals surface area contributed by atoms with E-state index in [4.69, 9.17) is 5.73 Å². The molecule has 0 aromatic carbocycles. The van der Waals surface area contributed by atoms with Gasteiger partial charge in [0.15, 0.2) is 0 Å². The number of nitrogens with one attached hydrogen (secondary N) is 1. The minimum atomic E-state index is 0.188. The van der Waals surface area contributed by atoms with Gasteiger partial charge >= 0.3 is 0 Å². The van der Waals surface area contributed by atoms with Crippen molar-refractivity contribution in [2.75, 3.05) is 11.9 Å². The highest BCUT2D eigenvalue weighted by Gasteiger charge is 2.03. The molecule has 1 unspecified atom stereocenters. The van der Waals surface area contributed by atoms with E-state index in [2.05, 4.69) is 20.5 Å². The van der Waals surface area contributed by atoms with Gasteiger partial charge in [-0.2, -0.15) is 0 Å². The molecule has 0 amide bonds.